The maximum atomic E-state index is 12.7. The number of sulfonamides is 1. The Labute approximate surface area is 193 Å². The average Bonchev–Trinajstić information content (AvgIpc) is 3.11. The van der Waals surface area contributed by atoms with E-state index < -0.39 is 16.0 Å². The standard InChI is InChI=1S/C23H27ClN2O5S/c1-16(27)26(12-4-2-3-5-23(28)29)21-9-6-17-13-20(14-18(17)15-21)25-32(30,31)22-10-7-19(24)8-11-22/h6-11,15,20,25H,2-5,12-14H2,1H3,(H,28,29). The number of nitrogens with zero attached hydrogens (tertiary/aromatic N) is 1. The predicted octanol–water partition coefficient (Wildman–Crippen LogP) is 3.78. The van der Waals surface area contributed by atoms with E-state index >= 15 is 0 Å². The molecule has 2 N–H and O–H groups in total. The number of aliphatic carboxylic acids is 1. The summed E-state index contributed by atoms with van der Waals surface area (Å²) < 4.78 is 28.1. The highest BCUT2D eigenvalue weighted by atomic mass is 35.5. The Bertz CT molecular complexity index is 1090. The van der Waals surface area contributed by atoms with Gasteiger partial charge in [0.15, 0.2) is 0 Å². The molecule has 0 heterocycles. The van der Waals surface area contributed by atoms with Crippen molar-refractivity contribution in [1.29, 1.82) is 0 Å². The molecule has 2 aromatic rings. The number of unbranched alkanes of at least 4 members (excludes halogenated alkanes) is 2. The number of anilines is 1. The zero-order chi connectivity index (χ0) is 23.3. The van der Waals surface area contributed by atoms with Crippen LogP contribution in [-0.2, 0) is 32.5 Å². The Morgan fingerprint density at radius 1 is 1.06 bits per heavy atom. The van der Waals surface area contributed by atoms with E-state index in [9.17, 15) is 18.0 Å². The van der Waals surface area contributed by atoms with Crippen LogP contribution in [0.2, 0.25) is 5.02 Å². The van der Waals surface area contributed by atoms with E-state index in [2.05, 4.69) is 4.72 Å². The maximum Gasteiger partial charge on any atom is 0.303 e. The van der Waals surface area contributed by atoms with Crippen molar-refractivity contribution < 1.29 is 23.1 Å². The van der Waals surface area contributed by atoms with Crippen molar-refractivity contribution in [3.05, 3.63) is 58.6 Å². The van der Waals surface area contributed by atoms with Gasteiger partial charge in [-0.1, -0.05) is 24.1 Å². The summed E-state index contributed by atoms with van der Waals surface area (Å²) in [6, 6.07) is 11.6. The molecule has 2 aromatic carbocycles. The number of hydrogen-bond donors (Lipinski definition) is 2. The lowest BCUT2D eigenvalue weighted by molar-refractivity contribution is -0.137. The monoisotopic (exact) mass is 478 g/mol. The molecule has 0 aliphatic heterocycles. The molecule has 0 bridgehead atoms. The zero-order valence-corrected chi connectivity index (χ0v) is 19.5. The maximum absolute atomic E-state index is 12.7. The van der Waals surface area contributed by atoms with Crippen molar-refractivity contribution >= 4 is 39.2 Å². The van der Waals surface area contributed by atoms with Crippen LogP contribution in [0.15, 0.2) is 47.4 Å². The molecule has 32 heavy (non-hydrogen) atoms. The molecule has 1 aliphatic rings. The summed E-state index contributed by atoms with van der Waals surface area (Å²) in [7, 11) is -3.66. The van der Waals surface area contributed by atoms with Crippen molar-refractivity contribution in [2.75, 3.05) is 11.4 Å². The SMILES string of the molecule is CC(=O)N(CCCCCC(=O)O)c1ccc2c(c1)CC(NS(=O)(=O)c1ccc(Cl)cc1)C2. The van der Waals surface area contributed by atoms with Gasteiger partial charge < -0.3 is 10.0 Å². The number of carbonyl (C=O) groups excluding carboxylic acids is 1. The van der Waals surface area contributed by atoms with E-state index in [0.717, 1.165) is 23.2 Å². The van der Waals surface area contributed by atoms with Gasteiger partial charge in [0, 0.05) is 36.6 Å². The normalized spacial score (nSPS) is 15.4. The number of nitrogens with one attached hydrogen (secondary N) is 1. The van der Waals surface area contributed by atoms with E-state index in [1.165, 1.54) is 19.1 Å². The summed E-state index contributed by atoms with van der Waals surface area (Å²) in [5, 5.41) is 9.21. The van der Waals surface area contributed by atoms with E-state index in [1.807, 2.05) is 18.2 Å². The third kappa shape index (κ3) is 6.31. The first-order valence-electron chi connectivity index (χ1n) is 10.6. The lowest BCUT2D eigenvalue weighted by atomic mass is 10.1. The van der Waals surface area contributed by atoms with Crippen LogP contribution in [0.5, 0.6) is 0 Å². The van der Waals surface area contributed by atoms with Crippen LogP contribution >= 0.6 is 11.6 Å². The summed E-state index contributed by atoms with van der Waals surface area (Å²) in [6.45, 7) is 2.02. The molecule has 1 unspecified atom stereocenters. The minimum absolute atomic E-state index is 0.0822. The van der Waals surface area contributed by atoms with E-state index in [-0.39, 0.29) is 23.3 Å². The summed E-state index contributed by atoms with van der Waals surface area (Å²) in [4.78, 5) is 24.7. The second kappa shape index (κ2) is 10.5. The highest BCUT2D eigenvalue weighted by Crippen LogP contribution is 2.28. The number of hydrogen-bond acceptors (Lipinski definition) is 4. The number of rotatable bonds is 10. The lowest BCUT2D eigenvalue weighted by Crippen LogP contribution is -2.35. The first kappa shape index (κ1) is 24.2. The van der Waals surface area contributed by atoms with Crippen molar-refractivity contribution in [1.82, 2.24) is 4.72 Å². The predicted molar refractivity (Wildman–Crippen MR) is 124 cm³/mol. The van der Waals surface area contributed by atoms with Gasteiger partial charge >= 0.3 is 5.97 Å². The van der Waals surface area contributed by atoms with Crippen LogP contribution in [0.4, 0.5) is 5.69 Å². The van der Waals surface area contributed by atoms with E-state index in [0.29, 0.717) is 37.3 Å². The molecule has 3 rings (SSSR count). The van der Waals surface area contributed by atoms with Crippen LogP contribution in [0.3, 0.4) is 0 Å². The summed E-state index contributed by atoms with van der Waals surface area (Å²) in [6.07, 6.45) is 3.29. The molecule has 1 aliphatic carbocycles. The minimum Gasteiger partial charge on any atom is -0.481 e. The van der Waals surface area contributed by atoms with Gasteiger partial charge in [-0.2, -0.15) is 0 Å². The Morgan fingerprint density at radius 3 is 2.41 bits per heavy atom. The number of carboxylic acids is 1. The summed E-state index contributed by atoms with van der Waals surface area (Å²) >= 11 is 5.85. The quantitative estimate of drug-likeness (QED) is 0.506. The van der Waals surface area contributed by atoms with Crippen LogP contribution < -0.4 is 9.62 Å². The van der Waals surface area contributed by atoms with Crippen molar-refractivity contribution in [2.45, 2.75) is 56.4 Å². The van der Waals surface area contributed by atoms with Gasteiger partial charge in [-0.15, -0.1) is 0 Å². The lowest BCUT2D eigenvalue weighted by Gasteiger charge is -2.22. The van der Waals surface area contributed by atoms with E-state index in [1.54, 1.807) is 17.0 Å². The Kier molecular flexibility index (Phi) is 7.92. The first-order chi connectivity index (χ1) is 15.2. The molecule has 7 nitrogen and oxygen atoms in total. The Hall–Kier alpha value is -2.42. The fourth-order valence-electron chi connectivity index (χ4n) is 3.95. The molecule has 0 radical (unpaired) electrons. The highest BCUT2D eigenvalue weighted by molar-refractivity contribution is 7.89. The number of carboxylic acid groups (broad SMARTS) is 1. The third-order valence-electron chi connectivity index (χ3n) is 5.53. The molecule has 0 saturated heterocycles. The molecule has 0 aromatic heterocycles. The molecular formula is C23H27ClN2O5S. The molecular weight excluding hydrogens is 452 g/mol. The molecule has 1 amide bonds. The fourth-order valence-corrected chi connectivity index (χ4v) is 5.31. The zero-order valence-electron chi connectivity index (χ0n) is 17.9. The van der Waals surface area contributed by atoms with Crippen molar-refractivity contribution in [3.8, 4) is 0 Å². The van der Waals surface area contributed by atoms with Gasteiger partial charge in [0.05, 0.1) is 4.90 Å². The molecule has 172 valence electrons. The number of fused-ring (bicyclic) bond motifs is 1. The van der Waals surface area contributed by atoms with Crippen LogP contribution in [0, 0.1) is 0 Å². The largest absolute Gasteiger partial charge is 0.481 e. The summed E-state index contributed by atoms with van der Waals surface area (Å²) in [5.74, 6) is -0.894. The van der Waals surface area contributed by atoms with Crippen LogP contribution in [0.1, 0.15) is 43.7 Å². The minimum atomic E-state index is -3.66. The summed E-state index contributed by atoms with van der Waals surface area (Å²) in [5.41, 5.74) is 2.85. The van der Waals surface area contributed by atoms with E-state index in [4.69, 9.17) is 16.7 Å². The number of amides is 1. The smallest absolute Gasteiger partial charge is 0.303 e. The molecule has 0 fully saturated rings. The van der Waals surface area contributed by atoms with Gasteiger partial charge in [0.1, 0.15) is 0 Å². The average molecular weight is 479 g/mol. The Balaban J connectivity index is 1.64. The second-order valence-corrected chi connectivity index (χ2v) is 10.2. The van der Waals surface area contributed by atoms with Gasteiger partial charge in [-0.3, -0.25) is 9.59 Å². The van der Waals surface area contributed by atoms with Crippen molar-refractivity contribution in [2.24, 2.45) is 0 Å². The number of carbonyl (C=O) groups is 2. The van der Waals surface area contributed by atoms with Gasteiger partial charge in [0.2, 0.25) is 15.9 Å². The third-order valence-corrected chi connectivity index (χ3v) is 7.32. The molecule has 0 spiro atoms. The highest BCUT2D eigenvalue weighted by Gasteiger charge is 2.27. The molecule has 1 atom stereocenters. The Morgan fingerprint density at radius 2 is 1.75 bits per heavy atom. The first-order valence-corrected chi connectivity index (χ1v) is 12.4. The van der Waals surface area contributed by atoms with Crippen LogP contribution in [0.25, 0.3) is 0 Å². The van der Waals surface area contributed by atoms with Crippen molar-refractivity contribution in [3.63, 3.8) is 0 Å². The fraction of sp³-hybridized carbons (Fsp3) is 0.391. The topological polar surface area (TPSA) is 104 Å². The molecule has 0 saturated carbocycles. The van der Waals surface area contributed by atoms with Crippen LogP contribution in [-0.4, -0.2) is 38.0 Å². The second-order valence-electron chi connectivity index (χ2n) is 8.01. The van der Waals surface area contributed by atoms with Gasteiger partial charge in [-0.25, -0.2) is 13.1 Å². The van der Waals surface area contributed by atoms with Gasteiger partial charge in [-0.05, 0) is 73.2 Å². The number of benzene rings is 2. The van der Waals surface area contributed by atoms with Gasteiger partial charge in [0.25, 0.3) is 0 Å². The number of halogens is 1. The molecule has 9 heteroatoms.